The molecule has 2 aromatic carbocycles. The molecule has 1 aromatic heterocycles. The van der Waals surface area contributed by atoms with Crippen molar-refractivity contribution in [3.63, 3.8) is 0 Å². The Labute approximate surface area is 206 Å². The van der Waals surface area contributed by atoms with Crippen molar-refractivity contribution in [3.05, 3.63) is 77.0 Å². The first kappa shape index (κ1) is 24.4. The molecule has 0 aliphatic carbocycles. The molecule has 1 saturated heterocycles. The lowest BCUT2D eigenvalue weighted by Crippen LogP contribution is -2.34. The van der Waals surface area contributed by atoms with E-state index >= 15 is 0 Å². The van der Waals surface area contributed by atoms with Crippen LogP contribution in [0.25, 0.3) is 0 Å². The summed E-state index contributed by atoms with van der Waals surface area (Å²) in [5.74, 6) is 1.13. The Hall–Kier alpha value is -3.76. The molecule has 0 unspecified atom stereocenters. The summed E-state index contributed by atoms with van der Waals surface area (Å²) in [6, 6.07) is 20.0. The van der Waals surface area contributed by atoms with Crippen LogP contribution in [0.1, 0.15) is 35.2 Å². The number of carbonyl (C=O) groups is 1. The fraction of sp³-hybridized carbons (Fsp3) is 0.357. The maximum absolute atomic E-state index is 13.4. The van der Waals surface area contributed by atoms with Crippen LogP contribution in [0.15, 0.2) is 54.6 Å². The molecule has 0 saturated carbocycles. The van der Waals surface area contributed by atoms with E-state index in [2.05, 4.69) is 11.4 Å². The Kier molecular flexibility index (Phi) is 7.74. The molecule has 1 aliphatic heterocycles. The largest absolute Gasteiger partial charge is 0.497 e. The number of carbonyl (C=O) groups excluding carboxylic acids is 1. The Morgan fingerprint density at radius 2 is 1.94 bits per heavy atom. The summed E-state index contributed by atoms with van der Waals surface area (Å²) in [4.78, 5) is 15.4. The van der Waals surface area contributed by atoms with Crippen LogP contribution in [0.2, 0.25) is 0 Å². The number of benzene rings is 2. The predicted molar refractivity (Wildman–Crippen MR) is 137 cm³/mol. The van der Waals surface area contributed by atoms with E-state index in [9.17, 15) is 10.1 Å². The zero-order valence-corrected chi connectivity index (χ0v) is 20.6. The second-order valence-corrected chi connectivity index (χ2v) is 8.88. The number of hydrogen-bond donors (Lipinski definition) is 1. The number of nitrogens with one attached hydrogen (secondary N) is 1. The van der Waals surface area contributed by atoms with Gasteiger partial charge in [0.05, 0.1) is 31.9 Å². The van der Waals surface area contributed by atoms with Crippen LogP contribution in [0.3, 0.4) is 0 Å². The molecule has 0 bridgehead atoms. The number of anilines is 2. The van der Waals surface area contributed by atoms with E-state index in [4.69, 9.17) is 9.47 Å². The van der Waals surface area contributed by atoms with E-state index in [1.807, 2.05) is 77.9 Å². The minimum absolute atomic E-state index is 0.0940. The third kappa shape index (κ3) is 5.67. The normalized spacial score (nSPS) is 15.0. The molecule has 7 heteroatoms. The molecule has 1 amide bonds. The highest BCUT2D eigenvalue weighted by Crippen LogP contribution is 2.29. The molecule has 1 fully saturated rings. The minimum atomic E-state index is -0.181. The lowest BCUT2D eigenvalue weighted by molar-refractivity contribution is -0.115. The van der Waals surface area contributed by atoms with Crippen molar-refractivity contribution in [2.75, 3.05) is 30.5 Å². The second kappa shape index (κ2) is 11.1. The van der Waals surface area contributed by atoms with Gasteiger partial charge in [0.25, 0.3) is 0 Å². The molecule has 7 nitrogen and oxygen atoms in total. The molecule has 1 N–H and O–H groups in total. The van der Waals surface area contributed by atoms with E-state index in [-0.39, 0.29) is 18.6 Å². The number of amides is 1. The molecule has 0 radical (unpaired) electrons. The molecular formula is C28H32N4O3. The monoisotopic (exact) mass is 472 g/mol. The zero-order chi connectivity index (χ0) is 24.8. The molecule has 4 rings (SSSR count). The first-order valence-corrected chi connectivity index (χ1v) is 11.9. The Morgan fingerprint density at radius 3 is 2.57 bits per heavy atom. The quantitative estimate of drug-likeness (QED) is 0.484. The van der Waals surface area contributed by atoms with E-state index < -0.39 is 0 Å². The topological polar surface area (TPSA) is 79.5 Å². The molecule has 35 heavy (non-hydrogen) atoms. The van der Waals surface area contributed by atoms with E-state index in [0.29, 0.717) is 24.5 Å². The molecular weight excluding hydrogens is 440 g/mol. The maximum Gasteiger partial charge on any atom is 0.245 e. The van der Waals surface area contributed by atoms with Crippen molar-refractivity contribution in [2.24, 2.45) is 0 Å². The fourth-order valence-electron chi connectivity index (χ4n) is 4.53. The van der Waals surface area contributed by atoms with Crippen molar-refractivity contribution in [1.29, 1.82) is 5.26 Å². The van der Waals surface area contributed by atoms with Gasteiger partial charge in [-0.15, -0.1) is 0 Å². The maximum atomic E-state index is 13.4. The summed E-state index contributed by atoms with van der Waals surface area (Å²) in [6.07, 6.45) is 2.11. The number of nitrogens with zero attached hydrogens (tertiary/aromatic N) is 3. The lowest BCUT2D eigenvalue weighted by atomic mass is 10.2. The number of rotatable bonds is 9. The summed E-state index contributed by atoms with van der Waals surface area (Å²) < 4.78 is 13.1. The summed E-state index contributed by atoms with van der Waals surface area (Å²) in [6.45, 7) is 5.99. The van der Waals surface area contributed by atoms with Gasteiger partial charge in [-0.05, 0) is 62.1 Å². The number of methoxy groups -OCH3 is 1. The van der Waals surface area contributed by atoms with Crippen molar-refractivity contribution in [2.45, 2.75) is 45.9 Å². The van der Waals surface area contributed by atoms with Gasteiger partial charge in [0.2, 0.25) is 5.91 Å². The van der Waals surface area contributed by atoms with Crippen LogP contribution in [0, 0.1) is 25.2 Å². The summed E-state index contributed by atoms with van der Waals surface area (Å²) in [5, 5.41) is 12.9. The Morgan fingerprint density at radius 1 is 1.20 bits per heavy atom. The minimum Gasteiger partial charge on any atom is -0.497 e. The third-order valence-corrected chi connectivity index (χ3v) is 6.60. The molecule has 0 spiro atoms. The Balaban J connectivity index is 1.58. The summed E-state index contributed by atoms with van der Waals surface area (Å²) in [7, 11) is 1.63. The van der Waals surface area contributed by atoms with Crippen LogP contribution < -0.4 is 15.0 Å². The van der Waals surface area contributed by atoms with Crippen molar-refractivity contribution >= 4 is 17.4 Å². The lowest BCUT2D eigenvalue weighted by Gasteiger charge is -2.25. The molecule has 1 atom stereocenters. The van der Waals surface area contributed by atoms with Crippen LogP contribution in [0.4, 0.5) is 11.5 Å². The summed E-state index contributed by atoms with van der Waals surface area (Å²) in [5.41, 5.74) is 4.38. The van der Waals surface area contributed by atoms with Gasteiger partial charge in [0, 0.05) is 24.5 Å². The van der Waals surface area contributed by atoms with E-state index in [1.54, 1.807) is 7.11 Å². The number of nitriles is 1. The molecule has 2 heterocycles. The average Bonchev–Trinajstić information content (AvgIpc) is 3.47. The van der Waals surface area contributed by atoms with Crippen molar-refractivity contribution in [3.8, 4) is 11.8 Å². The van der Waals surface area contributed by atoms with Crippen molar-refractivity contribution in [1.82, 2.24) is 4.57 Å². The van der Waals surface area contributed by atoms with Crippen LogP contribution in [0.5, 0.6) is 5.75 Å². The second-order valence-electron chi connectivity index (χ2n) is 8.88. The number of hydrogen-bond acceptors (Lipinski definition) is 5. The van der Waals surface area contributed by atoms with Gasteiger partial charge < -0.3 is 24.3 Å². The molecule has 3 aromatic rings. The molecule has 1 aliphatic rings. The van der Waals surface area contributed by atoms with Crippen LogP contribution >= 0.6 is 0 Å². The van der Waals surface area contributed by atoms with Gasteiger partial charge in [-0.1, -0.05) is 30.3 Å². The van der Waals surface area contributed by atoms with Gasteiger partial charge in [0.1, 0.15) is 17.6 Å². The summed E-state index contributed by atoms with van der Waals surface area (Å²) >= 11 is 0. The third-order valence-electron chi connectivity index (χ3n) is 6.60. The van der Waals surface area contributed by atoms with Gasteiger partial charge in [0.15, 0.2) is 0 Å². The van der Waals surface area contributed by atoms with Gasteiger partial charge >= 0.3 is 0 Å². The smallest absolute Gasteiger partial charge is 0.245 e. The Bertz CT molecular complexity index is 1190. The van der Waals surface area contributed by atoms with Crippen LogP contribution in [-0.2, 0) is 22.6 Å². The standard InChI is InChI=1S/C28H32N4O3/c1-20-21(2)32(18-25-10-7-15-35-25)28(26(20)16-29)30-27(33)19-31(17-22-8-5-4-6-9-22)23-11-13-24(34-3)14-12-23/h4-6,8-9,11-14,25H,7,10,15,17-19H2,1-3H3,(H,30,33)/t25-/m0/s1. The van der Waals surface area contributed by atoms with Gasteiger partial charge in [-0.2, -0.15) is 5.26 Å². The average molecular weight is 473 g/mol. The van der Waals surface area contributed by atoms with Crippen molar-refractivity contribution < 1.29 is 14.3 Å². The number of aromatic nitrogens is 1. The van der Waals surface area contributed by atoms with E-state index in [1.165, 1.54) is 0 Å². The number of ether oxygens (including phenoxy) is 2. The highest BCUT2D eigenvalue weighted by Gasteiger charge is 2.24. The SMILES string of the molecule is COc1ccc(N(CC(=O)Nc2c(C#N)c(C)c(C)n2C[C@@H]2CCCO2)Cc2ccccc2)cc1. The zero-order valence-electron chi connectivity index (χ0n) is 20.6. The highest BCUT2D eigenvalue weighted by atomic mass is 16.5. The van der Waals surface area contributed by atoms with E-state index in [0.717, 1.165) is 47.7 Å². The first-order valence-electron chi connectivity index (χ1n) is 11.9. The van der Waals surface area contributed by atoms with Crippen LogP contribution in [-0.4, -0.2) is 36.8 Å². The first-order chi connectivity index (χ1) is 17.0. The highest BCUT2D eigenvalue weighted by molar-refractivity contribution is 5.95. The van der Waals surface area contributed by atoms with Gasteiger partial charge in [-0.3, -0.25) is 4.79 Å². The predicted octanol–water partition coefficient (Wildman–Crippen LogP) is 4.81. The fourth-order valence-corrected chi connectivity index (χ4v) is 4.53. The molecule has 182 valence electrons. The van der Waals surface area contributed by atoms with Gasteiger partial charge in [-0.25, -0.2) is 0 Å².